The van der Waals surface area contributed by atoms with Gasteiger partial charge in [-0.2, -0.15) is 0 Å². The number of aromatic nitrogens is 1. The van der Waals surface area contributed by atoms with Gasteiger partial charge in [-0.25, -0.2) is 0 Å². The summed E-state index contributed by atoms with van der Waals surface area (Å²) in [7, 11) is 0. The van der Waals surface area contributed by atoms with Crippen LogP contribution in [0.5, 0.6) is 0 Å². The molecule has 1 fully saturated rings. The van der Waals surface area contributed by atoms with Crippen LogP contribution in [-0.4, -0.2) is 47.4 Å². The van der Waals surface area contributed by atoms with Gasteiger partial charge in [0.1, 0.15) is 5.76 Å². The molecule has 1 saturated heterocycles. The van der Waals surface area contributed by atoms with Gasteiger partial charge in [-0.05, 0) is 23.8 Å². The number of hydrogen-bond acceptors (Lipinski definition) is 5. The van der Waals surface area contributed by atoms with E-state index >= 15 is 0 Å². The molecule has 1 atom stereocenters. The van der Waals surface area contributed by atoms with E-state index in [0.717, 1.165) is 11.3 Å². The first kappa shape index (κ1) is 17.2. The van der Waals surface area contributed by atoms with Crippen molar-refractivity contribution in [2.75, 3.05) is 19.6 Å². The van der Waals surface area contributed by atoms with Crippen molar-refractivity contribution in [3.63, 3.8) is 0 Å². The monoisotopic (exact) mass is 342 g/mol. The predicted octanol–water partition coefficient (Wildman–Crippen LogP) is 0.724. The van der Waals surface area contributed by atoms with Crippen molar-refractivity contribution in [3.8, 4) is 0 Å². The lowest BCUT2D eigenvalue weighted by atomic mass is 10.1. The van der Waals surface area contributed by atoms with Crippen molar-refractivity contribution in [3.05, 3.63) is 54.2 Å². The predicted molar refractivity (Wildman–Crippen MR) is 91.5 cm³/mol. The third-order valence-electron chi connectivity index (χ3n) is 4.20. The summed E-state index contributed by atoms with van der Waals surface area (Å²) in [5, 5.41) is 5.70. The molecule has 1 unspecified atom stereocenters. The zero-order valence-corrected chi connectivity index (χ0v) is 14.0. The Hall–Kier alpha value is -2.67. The largest absolute Gasteiger partial charge is 0.469 e. The minimum Gasteiger partial charge on any atom is -0.469 e. The van der Waals surface area contributed by atoms with Crippen LogP contribution in [0.2, 0.25) is 0 Å². The summed E-state index contributed by atoms with van der Waals surface area (Å²) in [6.45, 7) is 2.40. The summed E-state index contributed by atoms with van der Waals surface area (Å²) in [6.07, 6.45) is 5.89. The Balaban J connectivity index is 1.53. The number of rotatable bonds is 7. The second-order valence-electron chi connectivity index (χ2n) is 6.02. The standard InChI is InChI=1S/C18H22N4O3/c23-17(20-7-5-15-4-2-10-25-15)11-16-18(24)21-8-9-22(16)13-14-3-1-6-19-12-14/h1-4,6,10,12,16H,5,7-9,11,13H2,(H,20,23)(H,21,24). The normalized spacial score (nSPS) is 17.9. The molecule has 0 aliphatic carbocycles. The number of nitrogens with zero attached hydrogens (tertiary/aromatic N) is 2. The summed E-state index contributed by atoms with van der Waals surface area (Å²) in [5.41, 5.74) is 1.03. The summed E-state index contributed by atoms with van der Waals surface area (Å²) < 4.78 is 5.24. The second-order valence-corrected chi connectivity index (χ2v) is 6.02. The Morgan fingerprint density at radius 2 is 2.32 bits per heavy atom. The highest BCUT2D eigenvalue weighted by Gasteiger charge is 2.31. The van der Waals surface area contributed by atoms with E-state index in [1.54, 1.807) is 18.7 Å². The number of carbonyl (C=O) groups is 2. The van der Waals surface area contributed by atoms with E-state index in [2.05, 4.69) is 15.6 Å². The van der Waals surface area contributed by atoms with Crippen molar-refractivity contribution in [2.24, 2.45) is 0 Å². The van der Waals surface area contributed by atoms with Gasteiger partial charge in [0, 0.05) is 45.0 Å². The van der Waals surface area contributed by atoms with Crippen LogP contribution in [0.3, 0.4) is 0 Å². The first-order chi connectivity index (χ1) is 12.2. The SMILES string of the molecule is O=C(CC1C(=O)NCCN1Cc1cccnc1)NCCc1ccco1. The van der Waals surface area contributed by atoms with Gasteiger partial charge in [-0.15, -0.1) is 0 Å². The molecule has 25 heavy (non-hydrogen) atoms. The molecule has 0 radical (unpaired) electrons. The molecule has 3 rings (SSSR count). The molecule has 3 heterocycles. The van der Waals surface area contributed by atoms with Crippen LogP contribution in [-0.2, 0) is 22.6 Å². The van der Waals surface area contributed by atoms with Gasteiger partial charge >= 0.3 is 0 Å². The molecule has 1 aliphatic rings. The van der Waals surface area contributed by atoms with Crippen molar-refractivity contribution < 1.29 is 14.0 Å². The lowest BCUT2D eigenvalue weighted by Gasteiger charge is -2.34. The number of piperazine rings is 1. The molecular weight excluding hydrogens is 320 g/mol. The summed E-state index contributed by atoms with van der Waals surface area (Å²) in [4.78, 5) is 30.6. The van der Waals surface area contributed by atoms with Crippen LogP contribution in [0.15, 0.2) is 47.3 Å². The van der Waals surface area contributed by atoms with Gasteiger partial charge in [0.25, 0.3) is 0 Å². The van der Waals surface area contributed by atoms with Crippen molar-refractivity contribution in [1.29, 1.82) is 0 Å². The Labute approximate surface area is 146 Å². The van der Waals surface area contributed by atoms with Gasteiger partial charge in [0.2, 0.25) is 11.8 Å². The van der Waals surface area contributed by atoms with Crippen molar-refractivity contribution in [2.45, 2.75) is 25.4 Å². The molecule has 0 aromatic carbocycles. The molecule has 0 bridgehead atoms. The van der Waals surface area contributed by atoms with E-state index in [-0.39, 0.29) is 18.2 Å². The quantitative estimate of drug-likeness (QED) is 0.774. The van der Waals surface area contributed by atoms with Crippen LogP contribution in [0.4, 0.5) is 0 Å². The number of pyridine rings is 1. The maximum atomic E-state index is 12.2. The van der Waals surface area contributed by atoms with Gasteiger partial charge in [0.05, 0.1) is 18.7 Å². The van der Waals surface area contributed by atoms with E-state index in [9.17, 15) is 9.59 Å². The third kappa shape index (κ3) is 4.90. The van der Waals surface area contributed by atoms with E-state index in [1.807, 2.05) is 29.2 Å². The van der Waals surface area contributed by atoms with Crippen LogP contribution in [0.25, 0.3) is 0 Å². The highest BCUT2D eigenvalue weighted by atomic mass is 16.3. The van der Waals surface area contributed by atoms with Crippen molar-refractivity contribution >= 4 is 11.8 Å². The van der Waals surface area contributed by atoms with E-state index < -0.39 is 6.04 Å². The molecule has 0 saturated carbocycles. The third-order valence-corrected chi connectivity index (χ3v) is 4.20. The molecule has 7 heteroatoms. The second kappa shape index (κ2) is 8.43. The summed E-state index contributed by atoms with van der Waals surface area (Å²) >= 11 is 0. The first-order valence-electron chi connectivity index (χ1n) is 8.42. The zero-order valence-electron chi connectivity index (χ0n) is 14.0. The zero-order chi connectivity index (χ0) is 17.5. The minimum atomic E-state index is -0.461. The maximum absolute atomic E-state index is 12.2. The van der Waals surface area contributed by atoms with Gasteiger partial charge in [-0.1, -0.05) is 6.07 Å². The van der Waals surface area contributed by atoms with Gasteiger partial charge in [-0.3, -0.25) is 19.5 Å². The molecular formula is C18H22N4O3. The van der Waals surface area contributed by atoms with E-state index in [0.29, 0.717) is 32.6 Å². The number of amides is 2. The van der Waals surface area contributed by atoms with Gasteiger partial charge in [0.15, 0.2) is 0 Å². The topological polar surface area (TPSA) is 87.5 Å². The average molecular weight is 342 g/mol. The number of hydrogen-bond donors (Lipinski definition) is 2. The summed E-state index contributed by atoms with van der Waals surface area (Å²) in [5.74, 6) is 0.593. The molecule has 2 aromatic heterocycles. The average Bonchev–Trinajstić information content (AvgIpc) is 3.12. The fourth-order valence-corrected chi connectivity index (χ4v) is 2.93. The molecule has 2 amide bonds. The lowest BCUT2D eigenvalue weighted by Crippen LogP contribution is -2.56. The Kier molecular flexibility index (Phi) is 5.79. The Morgan fingerprint density at radius 1 is 1.40 bits per heavy atom. The summed E-state index contributed by atoms with van der Waals surface area (Å²) in [6, 6.07) is 7.07. The van der Waals surface area contributed by atoms with Crippen LogP contribution in [0.1, 0.15) is 17.7 Å². The number of furan rings is 1. The van der Waals surface area contributed by atoms with Crippen molar-refractivity contribution in [1.82, 2.24) is 20.5 Å². The minimum absolute atomic E-state index is 0.101. The fraction of sp³-hybridized carbons (Fsp3) is 0.389. The number of carbonyl (C=O) groups excluding carboxylic acids is 2. The van der Waals surface area contributed by atoms with E-state index in [4.69, 9.17) is 4.42 Å². The lowest BCUT2D eigenvalue weighted by molar-refractivity contribution is -0.134. The molecule has 0 spiro atoms. The highest BCUT2D eigenvalue weighted by Crippen LogP contribution is 2.13. The Bertz CT molecular complexity index is 688. The molecule has 7 nitrogen and oxygen atoms in total. The molecule has 132 valence electrons. The highest BCUT2D eigenvalue weighted by molar-refractivity contribution is 5.88. The fourth-order valence-electron chi connectivity index (χ4n) is 2.93. The molecule has 1 aliphatic heterocycles. The molecule has 2 N–H and O–H groups in total. The van der Waals surface area contributed by atoms with Gasteiger partial charge < -0.3 is 15.1 Å². The van der Waals surface area contributed by atoms with Crippen LogP contribution in [0, 0.1) is 0 Å². The maximum Gasteiger partial charge on any atom is 0.237 e. The van der Waals surface area contributed by atoms with E-state index in [1.165, 1.54) is 0 Å². The Morgan fingerprint density at radius 3 is 3.08 bits per heavy atom. The van der Waals surface area contributed by atoms with Crippen LogP contribution >= 0.6 is 0 Å². The molecule has 2 aromatic rings. The smallest absolute Gasteiger partial charge is 0.237 e. The first-order valence-corrected chi connectivity index (χ1v) is 8.42. The number of nitrogens with one attached hydrogen (secondary N) is 2. The van der Waals surface area contributed by atoms with Crippen LogP contribution < -0.4 is 10.6 Å².